The number of hydrogen-bond donors (Lipinski definition) is 2. The first kappa shape index (κ1) is 15.2. The van der Waals surface area contributed by atoms with Gasteiger partial charge < -0.3 is 11.1 Å². The fourth-order valence-electron chi connectivity index (χ4n) is 1.84. The number of rotatable bonds is 5. The minimum atomic E-state index is -0.435. The van der Waals surface area contributed by atoms with Crippen molar-refractivity contribution >= 4 is 21.8 Å². The summed E-state index contributed by atoms with van der Waals surface area (Å²) in [6.07, 6.45) is 0.703. The number of carbonyl (C=O) groups excluding carboxylic acids is 1. The molecule has 3 nitrogen and oxygen atoms in total. The average molecular weight is 313 g/mol. The summed E-state index contributed by atoms with van der Waals surface area (Å²) in [4.78, 5) is 11.9. The highest BCUT2D eigenvalue weighted by Gasteiger charge is 2.18. The van der Waals surface area contributed by atoms with Gasteiger partial charge in [0.05, 0.1) is 12.1 Å². The van der Waals surface area contributed by atoms with Gasteiger partial charge in [-0.3, -0.25) is 4.79 Å². The van der Waals surface area contributed by atoms with Gasteiger partial charge in [0.25, 0.3) is 0 Å². The second-order valence-corrected chi connectivity index (χ2v) is 5.84. The van der Waals surface area contributed by atoms with Gasteiger partial charge in [-0.1, -0.05) is 48.0 Å². The Morgan fingerprint density at radius 1 is 1.33 bits per heavy atom. The smallest absolute Gasteiger partial charge is 0.237 e. The number of halogens is 1. The minimum absolute atomic E-state index is 0.0497. The molecule has 0 saturated heterocycles. The number of amides is 1. The third-order valence-corrected chi connectivity index (χ3v) is 3.51. The highest BCUT2D eigenvalue weighted by atomic mass is 79.9. The van der Waals surface area contributed by atoms with E-state index in [0.717, 1.165) is 10.0 Å². The standard InChI is InChI=1S/C14H21BrN2O/c1-9(2)8-13(16)14(18)17-10(3)11-6-4-5-7-12(11)15/h4-7,9-10,13H,8,16H2,1-3H3,(H,17,18)/t10-,13-/m0/s1. The van der Waals surface area contributed by atoms with Crippen molar-refractivity contribution in [2.75, 3.05) is 0 Å². The molecular formula is C14H21BrN2O. The van der Waals surface area contributed by atoms with Crippen molar-refractivity contribution in [3.05, 3.63) is 34.3 Å². The summed E-state index contributed by atoms with van der Waals surface area (Å²) in [5, 5.41) is 2.95. The third-order valence-electron chi connectivity index (χ3n) is 2.79. The lowest BCUT2D eigenvalue weighted by Gasteiger charge is -2.19. The summed E-state index contributed by atoms with van der Waals surface area (Å²) in [5.74, 6) is 0.330. The Bertz CT molecular complexity index is 407. The maximum atomic E-state index is 11.9. The summed E-state index contributed by atoms with van der Waals surface area (Å²) in [7, 11) is 0. The molecule has 0 fully saturated rings. The molecule has 18 heavy (non-hydrogen) atoms. The Morgan fingerprint density at radius 2 is 1.94 bits per heavy atom. The number of hydrogen-bond acceptors (Lipinski definition) is 2. The summed E-state index contributed by atoms with van der Waals surface area (Å²) >= 11 is 3.48. The summed E-state index contributed by atoms with van der Waals surface area (Å²) in [6.45, 7) is 6.08. The molecule has 100 valence electrons. The second kappa shape index (κ2) is 6.90. The highest BCUT2D eigenvalue weighted by Crippen LogP contribution is 2.22. The van der Waals surface area contributed by atoms with Crippen LogP contribution in [0, 0.1) is 5.92 Å². The van der Waals surface area contributed by atoms with Gasteiger partial charge in [0.2, 0.25) is 5.91 Å². The molecule has 1 rings (SSSR count). The molecular weight excluding hydrogens is 292 g/mol. The maximum Gasteiger partial charge on any atom is 0.237 e. The van der Waals surface area contributed by atoms with Gasteiger partial charge in [-0.05, 0) is 30.9 Å². The first-order valence-electron chi connectivity index (χ1n) is 6.22. The van der Waals surface area contributed by atoms with Crippen LogP contribution in [0.5, 0.6) is 0 Å². The van der Waals surface area contributed by atoms with Crippen LogP contribution in [0.1, 0.15) is 38.8 Å². The third kappa shape index (κ3) is 4.42. The molecule has 0 heterocycles. The lowest BCUT2D eigenvalue weighted by atomic mass is 10.0. The van der Waals surface area contributed by atoms with Crippen LogP contribution < -0.4 is 11.1 Å². The molecule has 0 spiro atoms. The van der Waals surface area contributed by atoms with Crippen LogP contribution in [0.4, 0.5) is 0 Å². The van der Waals surface area contributed by atoms with E-state index in [4.69, 9.17) is 5.73 Å². The second-order valence-electron chi connectivity index (χ2n) is 4.99. The van der Waals surface area contributed by atoms with E-state index in [-0.39, 0.29) is 11.9 Å². The highest BCUT2D eigenvalue weighted by molar-refractivity contribution is 9.10. The van der Waals surface area contributed by atoms with E-state index >= 15 is 0 Å². The van der Waals surface area contributed by atoms with E-state index in [1.54, 1.807) is 0 Å². The van der Waals surface area contributed by atoms with E-state index in [9.17, 15) is 4.79 Å². The number of nitrogens with two attached hydrogens (primary N) is 1. The number of benzene rings is 1. The molecule has 0 bridgehead atoms. The van der Waals surface area contributed by atoms with Gasteiger partial charge in [-0.25, -0.2) is 0 Å². The zero-order valence-corrected chi connectivity index (χ0v) is 12.7. The zero-order chi connectivity index (χ0) is 13.7. The van der Waals surface area contributed by atoms with Crippen LogP contribution in [0.15, 0.2) is 28.7 Å². The maximum absolute atomic E-state index is 11.9. The fraction of sp³-hybridized carbons (Fsp3) is 0.500. The Balaban J connectivity index is 2.62. The summed E-state index contributed by atoms with van der Waals surface area (Å²) < 4.78 is 0.996. The van der Waals surface area contributed by atoms with Crippen LogP contribution in [0.2, 0.25) is 0 Å². The van der Waals surface area contributed by atoms with Crippen LogP contribution >= 0.6 is 15.9 Å². The summed E-state index contributed by atoms with van der Waals surface area (Å²) in [5.41, 5.74) is 6.92. The molecule has 1 amide bonds. The van der Waals surface area contributed by atoms with Gasteiger partial charge in [-0.2, -0.15) is 0 Å². The van der Waals surface area contributed by atoms with Crippen LogP contribution in [0.3, 0.4) is 0 Å². The molecule has 0 aliphatic carbocycles. The lowest BCUT2D eigenvalue weighted by Crippen LogP contribution is -2.42. The van der Waals surface area contributed by atoms with Crippen molar-refractivity contribution in [1.29, 1.82) is 0 Å². The topological polar surface area (TPSA) is 55.1 Å². The van der Waals surface area contributed by atoms with E-state index < -0.39 is 6.04 Å². The molecule has 0 aromatic heterocycles. The molecule has 1 aromatic rings. The van der Waals surface area contributed by atoms with Crippen LogP contribution in [-0.4, -0.2) is 11.9 Å². The Labute approximate surface area is 117 Å². The van der Waals surface area contributed by atoms with Crippen LogP contribution in [0.25, 0.3) is 0 Å². The average Bonchev–Trinajstić information content (AvgIpc) is 2.28. The predicted molar refractivity (Wildman–Crippen MR) is 78.1 cm³/mol. The lowest BCUT2D eigenvalue weighted by molar-refractivity contribution is -0.123. The SMILES string of the molecule is CC(C)C[C@H](N)C(=O)N[C@@H](C)c1ccccc1Br. The van der Waals surface area contributed by atoms with Gasteiger partial charge in [0, 0.05) is 4.47 Å². The molecule has 0 radical (unpaired) electrons. The Kier molecular flexibility index (Phi) is 5.82. The molecule has 2 atom stereocenters. The van der Waals surface area contributed by atoms with Gasteiger partial charge >= 0.3 is 0 Å². The van der Waals surface area contributed by atoms with E-state index in [1.807, 2.05) is 31.2 Å². The van der Waals surface area contributed by atoms with Crippen molar-refractivity contribution in [3.63, 3.8) is 0 Å². The fourth-order valence-corrected chi connectivity index (χ4v) is 2.47. The predicted octanol–water partition coefficient (Wildman–Crippen LogP) is 3.00. The molecule has 4 heteroatoms. The number of nitrogens with one attached hydrogen (secondary N) is 1. The molecule has 1 aromatic carbocycles. The van der Waals surface area contributed by atoms with E-state index in [2.05, 4.69) is 35.1 Å². The molecule has 0 unspecified atom stereocenters. The van der Waals surface area contributed by atoms with Crippen molar-refractivity contribution < 1.29 is 4.79 Å². The quantitative estimate of drug-likeness (QED) is 0.878. The van der Waals surface area contributed by atoms with E-state index in [1.165, 1.54) is 0 Å². The first-order valence-corrected chi connectivity index (χ1v) is 7.01. The van der Waals surface area contributed by atoms with Crippen molar-refractivity contribution in [3.8, 4) is 0 Å². The Hall–Kier alpha value is -0.870. The van der Waals surface area contributed by atoms with Gasteiger partial charge in [0.1, 0.15) is 0 Å². The minimum Gasteiger partial charge on any atom is -0.348 e. The van der Waals surface area contributed by atoms with Gasteiger partial charge in [-0.15, -0.1) is 0 Å². The Morgan fingerprint density at radius 3 is 2.50 bits per heavy atom. The van der Waals surface area contributed by atoms with Crippen molar-refractivity contribution in [2.24, 2.45) is 11.7 Å². The molecule has 0 saturated carbocycles. The van der Waals surface area contributed by atoms with Gasteiger partial charge in [0.15, 0.2) is 0 Å². The van der Waals surface area contributed by atoms with Crippen molar-refractivity contribution in [1.82, 2.24) is 5.32 Å². The largest absolute Gasteiger partial charge is 0.348 e. The zero-order valence-electron chi connectivity index (χ0n) is 11.1. The molecule has 0 aliphatic rings. The van der Waals surface area contributed by atoms with E-state index in [0.29, 0.717) is 12.3 Å². The number of carbonyl (C=O) groups is 1. The molecule has 0 aliphatic heterocycles. The normalized spacial score (nSPS) is 14.3. The summed E-state index contributed by atoms with van der Waals surface area (Å²) in [6, 6.07) is 7.37. The first-order chi connectivity index (χ1) is 8.41. The van der Waals surface area contributed by atoms with Crippen LogP contribution in [-0.2, 0) is 4.79 Å². The molecule has 3 N–H and O–H groups in total. The monoisotopic (exact) mass is 312 g/mol. The van der Waals surface area contributed by atoms with Crippen molar-refractivity contribution in [2.45, 2.75) is 39.3 Å².